The number of methoxy groups -OCH3 is 1. The Bertz CT molecular complexity index is 868. The lowest BCUT2D eigenvalue weighted by Gasteiger charge is -2.34. The van der Waals surface area contributed by atoms with Gasteiger partial charge in [0.05, 0.1) is 30.1 Å². The number of hydrogen-bond donors (Lipinski definition) is 1. The average molecular weight is 382 g/mol. The number of ether oxygens (including phenoxy) is 1. The van der Waals surface area contributed by atoms with Crippen molar-refractivity contribution >= 4 is 17.5 Å². The first-order valence-corrected chi connectivity index (χ1v) is 9.62. The number of aromatic nitrogens is 2. The number of nitrogens with one attached hydrogen (secondary N) is 1. The summed E-state index contributed by atoms with van der Waals surface area (Å²) in [5.74, 6) is 1.01. The van der Waals surface area contributed by atoms with Crippen LogP contribution in [0, 0.1) is 6.92 Å². The van der Waals surface area contributed by atoms with Crippen LogP contribution in [0.3, 0.4) is 0 Å². The molecule has 2 amide bonds. The Morgan fingerprint density at radius 1 is 1.29 bits per heavy atom. The number of aryl methyl sites for hydroxylation is 1. The largest absolute Gasteiger partial charge is 0.495 e. The lowest BCUT2D eigenvalue weighted by Crippen LogP contribution is -2.39. The molecule has 7 nitrogen and oxygen atoms in total. The van der Waals surface area contributed by atoms with Crippen LogP contribution >= 0.6 is 0 Å². The molecule has 0 unspecified atom stereocenters. The molecule has 0 saturated carbocycles. The van der Waals surface area contributed by atoms with E-state index < -0.39 is 0 Å². The summed E-state index contributed by atoms with van der Waals surface area (Å²) in [4.78, 5) is 35.8. The number of benzene rings is 1. The maximum Gasteiger partial charge on any atom is 0.259 e. The molecule has 1 aromatic heterocycles. The van der Waals surface area contributed by atoms with E-state index >= 15 is 0 Å². The molecule has 0 radical (unpaired) electrons. The van der Waals surface area contributed by atoms with Crippen LogP contribution in [-0.4, -0.2) is 40.3 Å². The van der Waals surface area contributed by atoms with Crippen molar-refractivity contribution in [2.45, 2.75) is 45.6 Å². The minimum atomic E-state index is -0.293. The Hall–Kier alpha value is -2.96. The molecule has 1 atom stereocenters. The zero-order chi connectivity index (χ0) is 20.1. The van der Waals surface area contributed by atoms with Crippen molar-refractivity contribution in [2.75, 3.05) is 19.0 Å². The Balaban J connectivity index is 1.81. The van der Waals surface area contributed by atoms with Crippen LogP contribution < -0.4 is 10.1 Å². The summed E-state index contributed by atoms with van der Waals surface area (Å²) in [6, 6.07) is 7.10. The van der Waals surface area contributed by atoms with E-state index in [0.717, 1.165) is 25.8 Å². The normalized spacial score (nSPS) is 16.5. The maximum atomic E-state index is 12.7. The number of para-hydroxylation sites is 2. The number of nitrogens with zero attached hydrogens (tertiary/aromatic N) is 3. The minimum Gasteiger partial charge on any atom is -0.495 e. The van der Waals surface area contributed by atoms with Crippen LogP contribution in [0.2, 0.25) is 0 Å². The fourth-order valence-corrected chi connectivity index (χ4v) is 3.51. The first kappa shape index (κ1) is 19.8. The predicted octanol–water partition coefficient (Wildman–Crippen LogP) is 3.51. The molecular weight excluding hydrogens is 356 g/mol. The van der Waals surface area contributed by atoms with Crippen LogP contribution in [0.5, 0.6) is 5.75 Å². The van der Waals surface area contributed by atoms with Crippen molar-refractivity contribution in [3.05, 3.63) is 47.5 Å². The molecule has 0 aliphatic carbocycles. The van der Waals surface area contributed by atoms with Gasteiger partial charge in [-0.25, -0.2) is 9.97 Å². The molecular formula is C21H26N4O3. The van der Waals surface area contributed by atoms with Crippen molar-refractivity contribution in [1.82, 2.24) is 14.9 Å². The van der Waals surface area contributed by atoms with Crippen LogP contribution in [0.4, 0.5) is 5.69 Å². The summed E-state index contributed by atoms with van der Waals surface area (Å²) in [7, 11) is 1.56. The summed E-state index contributed by atoms with van der Waals surface area (Å²) in [5.41, 5.74) is 1.58. The highest BCUT2D eigenvalue weighted by atomic mass is 16.5. The number of likely N-dealkylation sites (tertiary alicyclic amines) is 1. The number of anilines is 1. The lowest BCUT2D eigenvalue weighted by molar-refractivity contribution is -0.134. The molecule has 0 spiro atoms. The molecule has 28 heavy (non-hydrogen) atoms. The molecule has 1 fully saturated rings. The van der Waals surface area contributed by atoms with E-state index in [9.17, 15) is 9.59 Å². The number of amides is 2. The number of piperidine rings is 1. The predicted molar refractivity (Wildman–Crippen MR) is 106 cm³/mol. The molecule has 2 aromatic rings. The van der Waals surface area contributed by atoms with E-state index in [-0.39, 0.29) is 17.9 Å². The number of carbonyl (C=O) groups excluding carboxylic acids is 2. The summed E-state index contributed by atoms with van der Waals surface area (Å²) in [6.45, 7) is 4.39. The first-order valence-electron chi connectivity index (χ1n) is 9.62. The van der Waals surface area contributed by atoms with Gasteiger partial charge in [0.25, 0.3) is 5.91 Å². The SMILES string of the molecule is CCC(=O)N1CCCC[C@@H]1c1ncc(C(=O)Nc2ccccc2OC)c(C)n1. The van der Waals surface area contributed by atoms with Crippen molar-refractivity contribution in [3.8, 4) is 5.75 Å². The smallest absolute Gasteiger partial charge is 0.259 e. The van der Waals surface area contributed by atoms with Crippen molar-refractivity contribution in [1.29, 1.82) is 0 Å². The monoisotopic (exact) mass is 382 g/mol. The van der Waals surface area contributed by atoms with Gasteiger partial charge in [-0.15, -0.1) is 0 Å². The Kier molecular flexibility index (Phi) is 6.23. The van der Waals surface area contributed by atoms with Crippen LogP contribution in [-0.2, 0) is 4.79 Å². The second-order valence-corrected chi connectivity index (χ2v) is 6.83. The van der Waals surface area contributed by atoms with Crippen molar-refractivity contribution in [2.24, 2.45) is 0 Å². The van der Waals surface area contributed by atoms with Gasteiger partial charge in [-0.2, -0.15) is 0 Å². The zero-order valence-corrected chi connectivity index (χ0v) is 16.6. The molecule has 1 aromatic carbocycles. The van der Waals surface area contributed by atoms with E-state index in [1.54, 1.807) is 32.4 Å². The summed E-state index contributed by atoms with van der Waals surface area (Å²) in [5, 5.41) is 2.85. The third-order valence-electron chi connectivity index (χ3n) is 5.02. The standard InChI is InChI=1S/C21H26N4O3/c1-4-19(26)25-12-8-7-10-17(25)20-22-13-15(14(2)23-20)21(27)24-16-9-5-6-11-18(16)28-3/h5-6,9,11,13,17H,4,7-8,10,12H2,1-3H3,(H,24,27)/t17-/m1/s1. The Morgan fingerprint density at radius 2 is 2.07 bits per heavy atom. The van der Waals surface area contributed by atoms with Gasteiger partial charge in [0.2, 0.25) is 5.91 Å². The topological polar surface area (TPSA) is 84.4 Å². The molecule has 1 aliphatic heterocycles. The number of carbonyl (C=O) groups is 2. The summed E-state index contributed by atoms with van der Waals surface area (Å²) in [6.07, 6.45) is 4.90. The number of rotatable bonds is 5. The quantitative estimate of drug-likeness (QED) is 0.855. The van der Waals surface area contributed by atoms with Gasteiger partial charge in [0.15, 0.2) is 5.82 Å². The van der Waals surface area contributed by atoms with E-state index in [1.807, 2.05) is 24.0 Å². The molecule has 3 rings (SSSR count). The highest BCUT2D eigenvalue weighted by Crippen LogP contribution is 2.30. The van der Waals surface area contributed by atoms with Gasteiger partial charge in [-0.3, -0.25) is 9.59 Å². The molecule has 1 saturated heterocycles. The van der Waals surface area contributed by atoms with Crippen LogP contribution in [0.15, 0.2) is 30.5 Å². The third kappa shape index (κ3) is 4.13. The van der Waals surface area contributed by atoms with Gasteiger partial charge in [-0.1, -0.05) is 19.1 Å². The molecule has 1 aliphatic rings. The van der Waals surface area contributed by atoms with Crippen molar-refractivity contribution in [3.63, 3.8) is 0 Å². The van der Waals surface area contributed by atoms with Gasteiger partial charge in [0.1, 0.15) is 5.75 Å². The van der Waals surface area contributed by atoms with Gasteiger partial charge >= 0.3 is 0 Å². The van der Waals surface area contributed by atoms with Crippen molar-refractivity contribution < 1.29 is 14.3 Å². The maximum absolute atomic E-state index is 12.7. The second kappa shape index (κ2) is 8.82. The third-order valence-corrected chi connectivity index (χ3v) is 5.02. The molecule has 0 bridgehead atoms. The highest BCUT2D eigenvalue weighted by molar-refractivity contribution is 6.05. The molecule has 2 heterocycles. The zero-order valence-electron chi connectivity index (χ0n) is 16.6. The molecule has 7 heteroatoms. The second-order valence-electron chi connectivity index (χ2n) is 6.83. The lowest BCUT2D eigenvalue weighted by atomic mass is 10.0. The number of hydrogen-bond acceptors (Lipinski definition) is 5. The van der Waals surface area contributed by atoms with E-state index in [4.69, 9.17) is 4.74 Å². The van der Waals surface area contributed by atoms with Gasteiger partial charge in [0, 0.05) is 19.2 Å². The Morgan fingerprint density at radius 3 is 2.79 bits per heavy atom. The summed E-state index contributed by atoms with van der Waals surface area (Å²) >= 11 is 0. The fraction of sp³-hybridized carbons (Fsp3) is 0.429. The van der Waals surface area contributed by atoms with E-state index in [2.05, 4.69) is 15.3 Å². The molecule has 148 valence electrons. The average Bonchev–Trinajstić information content (AvgIpc) is 2.73. The van der Waals surface area contributed by atoms with Gasteiger partial charge in [-0.05, 0) is 38.3 Å². The summed E-state index contributed by atoms with van der Waals surface area (Å²) < 4.78 is 5.27. The van der Waals surface area contributed by atoms with Gasteiger partial charge < -0.3 is 15.0 Å². The van der Waals surface area contributed by atoms with Crippen LogP contribution in [0.1, 0.15) is 60.5 Å². The highest BCUT2D eigenvalue weighted by Gasteiger charge is 2.29. The molecule has 1 N–H and O–H groups in total. The first-order chi connectivity index (χ1) is 13.5. The van der Waals surface area contributed by atoms with E-state index in [0.29, 0.717) is 34.9 Å². The Labute approximate surface area is 165 Å². The minimum absolute atomic E-state index is 0.115. The van der Waals surface area contributed by atoms with Crippen LogP contribution in [0.25, 0.3) is 0 Å². The van der Waals surface area contributed by atoms with E-state index in [1.165, 1.54) is 0 Å². The fourth-order valence-electron chi connectivity index (χ4n) is 3.51.